The van der Waals surface area contributed by atoms with Crippen LogP contribution in [0.5, 0.6) is 0 Å². The molecule has 0 aliphatic rings. The molecule has 0 aliphatic heterocycles. The van der Waals surface area contributed by atoms with Crippen LogP contribution < -0.4 is 4.90 Å². The highest BCUT2D eigenvalue weighted by molar-refractivity contribution is 5.46. The van der Waals surface area contributed by atoms with Crippen LogP contribution in [0.2, 0.25) is 0 Å². The minimum absolute atomic E-state index is 1.17. The Morgan fingerprint density at radius 1 is 1.06 bits per heavy atom. The van der Waals surface area contributed by atoms with Crippen LogP contribution in [0, 0.1) is 6.07 Å². The van der Waals surface area contributed by atoms with Gasteiger partial charge in [-0.1, -0.05) is 45.1 Å². The summed E-state index contributed by atoms with van der Waals surface area (Å²) in [6.07, 6.45) is 9.35. The van der Waals surface area contributed by atoms with E-state index in [-0.39, 0.29) is 0 Å². The van der Waals surface area contributed by atoms with Crippen LogP contribution in [0.3, 0.4) is 0 Å². The zero-order valence-electron chi connectivity index (χ0n) is 11.6. The molecule has 0 fully saturated rings. The van der Waals surface area contributed by atoms with E-state index in [0.717, 1.165) is 0 Å². The minimum atomic E-state index is 1.17. The van der Waals surface area contributed by atoms with Crippen LogP contribution in [0.4, 0.5) is 5.69 Å². The minimum Gasteiger partial charge on any atom is -0.378 e. The molecule has 0 bridgehead atoms. The molecule has 0 amide bonds. The Labute approximate surface area is 107 Å². The van der Waals surface area contributed by atoms with E-state index in [0.29, 0.717) is 0 Å². The van der Waals surface area contributed by atoms with Gasteiger partial charge in [-0.2, -0.15) is 0 Å². The molecule has 0 heterocycles. The molecule has 0 saturated heterocycles. The van der Waals surface area contributed by atoms with Crippen molar-refractivity contribution in [1.82, 2.24) is 0 Å². The van der Waals surface area contributed by atoms with Gasteiger partial charge in [-0.05, 0) is 36.6 Å². The second-order valence-corrected chi connectivity index (χ2v) is 4.98. The summed E-state index contributed by atoms with van der Waals surface area (Å²) < 4.78 is 0. The van der Waals surface area contributed by atoms with Crippen LogP contribution in [-0.4, -0.2) is 14.1 Å². The lowest BCUT2D eigenvalue weighted by molar-refractivity contribution is 0.607. The zero-order valence-corrected chi connectivity index (χ0v) is 11.6. The second-order valence-electron chi connectivity index (χ2n) is 4.98. The van der Waals surface area contributed by atoms with Crippen molar-refractivity contribution < 1.29 is 0 Å². The largest absolute Gasteiger partial charge is 0.378 e. The average Bonchev–Trinajstić information content (AvgIpc) is 2.34. The van der Waals surface area contributed by atoms with Gasteiger partial charge in [-0.15, -0.1) is 0 Å². The van der Waals surface area contributed by atoms with Crippen molar-refractivity contribution in [2.24, 2.45) is 0 Å². The average molecular weight is 232 g/mol. The van der Waals surface area contributed by atoms with Gasteiger partial charge < -0.3 is 4.90 Å². The molecule has 1 radical (unpaired) electrons. The first-order valence-corrected chi connectivity index (χ1v) is 6.92. The number of rotatable bonds is 8. The maximum absolute atomic E-state index is 3.34. The molecule has 0 N–H and O–H groups in total. The van der Waals surface area contributed by atoms with Crippen LogP contribution in [0.25, 0.3) is 0 Å². The number of nitrogens with zero attached hydrogens (tertiary/aromatic N) is 1. The van der Waals surface area contributed by atoms with Gasteiger partial charge in [0.15, 0.2) is 0 Å². The SMILES string of the molecule is CCCCCCCCc1[c]ccc(N(C)C)c1. The molecule has 95 valence electrons. The van der Waals surface area contributed by atoms with Crippen molar-refractivity contribution in [2.45, 2.75) is 51.9 Å². The third kappa shape index (κ3) is 5.76. The van der Waals surface area contributed by atoms with Gasteiger partial charge in [-0.3, -0.25) is 0 Å². The third-order valence-corrected chi connectivity index (χ3v) is 3.16. The smallest absolute Gasteiger partial charge is 0.0364 e. The number of anilines is 1. The first-order valence-electron chi connectivity index (χ1n) is 6.92. The standard InChI is InChI=1S/C16H26N/c1-4-5-6-7-8-9-11-15-12-10-13-16(14-15)17(2)3/h10,13-14H,4-9,11H2,1-3H3. The summed E-state index contributed by atoms with van der Waals surface area (Å²) in [5, 5.41) is 0. The molecule has 1 aromatic carbocycles. The van der Waals surface area contributed by atoms with Crippen molar-refractivity contribution in [3.8, 4) is 0 Å². The summed E-state index contributed by atoms with van der Waals surface area (Å²) in [5.74, 6) is 0. The van der Waals surface area contributed by atoms with E-state index >= 15 is 0 Å². The van der Waals surface area contributed by atoms with Crippen molar-refractivity contribution in [1.29, 1.82) is 0 Å². The van der Waals surface area contributed by atoms with E-state index in [1.54, 1.807) is 0 Å². The van der Waals surface area contributed by atoms with Crippen molar-refractivity contribution in [3.05, 3.63) is 29.8 Å². The zero-order chi connectivity index (χ0) is 12.5. The number of benzene rings is 1. The van der Waals surface area contributed by atoms with Crippen molar-refractivity contribution in [3.63, 3.8) is 0 Å². The van der Waals surface area contributed by atoms with E-state index in [4.69, 9.17) is 0 Å². The lowest BCUT2D eigenvalue weighted by Gasteiger charge is -2.13. The third-order valence-electron chi connectivity index (χ3n) is 3.16. The molecule has 1 rings (SSSR count). The van der Waals surface area contributed by atoms with Crippen LogP contribution in [0.15, 0.2) is 18.2 Å². The second kappa shape index (κ2) is 8.16. The molecule has 0 spiro atoms. The summed E-state index contributed by atoms with van der Waals surface area (Å²) >= 11 is 0. The van der Waals surface area contributed by atoms with Crippen molar-refractivity contribution >= 4 is 5.69 Å². The lowest BCUT2D eigenvalue weighted by atomic mass is 10.0. The summed E-state index contributed by atoms with van der Waals surface area (Å²) in [4.78, 5) is 2.15. The van der Waals surface area contributed by atoms with E-state index in [1.807, 2.05) is 6.07 Å². The van der Waals surface area contributed by atoms with E-state index in [1.165, 1.54) is 56.2 Å². The number of hydrogen-bond acceptors (Lipinski definition) is 1. The molecule has 0 aromatic heterocycles. The van der Waals surface area contributed by atoms with Gasteiger partial charge in [0, 0.05) is 19.8 Å². The molecule has 17 heavy (non-hydrogen) atoms. The van der Waals surface area contributed by atoms with Gasteiger partial charge in [0.25, 0.3) is 0 Å². The van der Waals surface area contributed by atoms with Crippen LogP contribution in [-0.2, 0) is 6.42 Å². The lowest BCUT2D eigenvalue weighted by Crippen LogP contribution is -2.08. The fraction of sp³-hybridized carbons (Fsp3) is 0.625. The van der Waals surface area contributed by atoms with Gasteiger partial charge >= 0.3 is 0 Å². The van der Waals surface area contributed by atoms with Crippen LogP contribution >= 0.6 is 0 Å². The Morgan fingerprint density at radius 2 is 1.76 bits per heavy atom. The maximum Gasteiger partial charge on any atom is 0.0364 e. The maximum atomic E-state index is 3.34. The van der Waals surface area contributed by atoms with Gasteiger partial charge in [0.05, 0.1) is 0 Å². The quantitative estimate of drug-likeness (QED) is 0.598. The van der Waals surface area contributed by atoms with Crippen molar-refractivity contribution in [2.75, 3.05) is 19.0 Å². The highest BCUT2D eigenvalue weighted by atomic mass is 15.1. The summed E-state index contributed by atoms with van der Waals surface area (Å²) in [6.45, 7) is 2.27. The first kappa shape index (κ1) is 14.1. The summed E-state index contributed by atoms with van der Waals surface area (Å²) in [6, 6.07) is 9.75. The fourth-order valence-corrected chi connectivity index (χ4v) is 2.02. The molecule has 0 unspecified atom stereocenters. The Morgan fingerprint density at radius 3 is 2.47 bits per heavy atom. The molecule has 1 aromatic rings. The Bertz CT molecular complexity index is 304. The Balaban J connectivity index is 2.24. The van der Waals surface area contributed by atoms with Crippen LogP contribution in [0.1, 0.15) is 51.0 Å². The number of hydrogen-bond donors (Lipinski definition) is 0. The van der Waals surface area contributed by atoms with Gasteiger partial charge in [-0.25, -0.2) is 0 Å². The topological polar surface area (TPSA) is 3.24 Å². The van der Waals surface area contributed by atoms with E-state index in [2.05, 4.69) is 44.1 Å². The molecule has 0 aliphatic carbocycles. The Hall–Kier alpha value is -0.980. The summed E-state index contributed by atoms with van der Waals surface area (Å²) in [5.41, 5.74) is 2.64. The summed E-state index contributed by atoms with van der Waals surface area (Å²) in [7, 11) is 4.17. The Kier molecular flexibility index (Phi) is 6.76. The molecular weight excluding hydrogens is 206 g/mol. The monoisotopic (exact) mass is 232 g/mol. The molecule has 1 nitrogen and oxygen atoms in total. The number of unbranched alkanes of at least 4 members (excludes halogenated alkanes) is 5. The highest BCUT2D eigenvalue weighted by Gasteiger charge is 1.98. The predicted molar refractivity (Wildman–Crippen MR) is 76.7 cm³/mol. The number of aryl methyl sites for hydroxylation is 1. The van der Waals surface area contributed by atoms with Gasteiger partial charge in [0.1, 0.15) is 0 Å². The normalized spacial score (nSPS) is 10.5. The fourth-order valence-electron chi connectivity index (χ4n) is 2.02. The predicted octanol–water partition coefficient (Wildman–Crippen LogP) is 4.46. The molecule has 0 atom stereocenters. The van der Waals surface area contributed by atoms with E-state index in [9.17, 15) is 0 Å². The van der Waals surface area contributed by atoms with Gasteiger partial charge in [0.2, 0.25) is 0 Å². The highest BCUT2D eigenvalue weighted by Crippen LogP contribution is 2.15. The first-order chi connectivity index (χ1) is 8.24. The molecule has 0 saturated carbocycles. The van der Waals surface area contributed by atoms with E-state index < -0.39 is 0 Å². The molecule has 1 heteroatoms. The molecular formula is C16H26N.